The van der Waals surface area contributed by atoms with Crippen LogP contribution in [0.4, 0.5) is 35.3 Å². The number of aliphatic hydroxyl groups excluding tert-OH is 1. The molecule has 0 saturated carbocycles. The number of aliphatic hydroxyl groups is 1. The number of hydrogen-bond acceptors (Lipinski definition) is 8. The Morgan fingerprint density at radius 3 is 2.76 bits per heavy atom. The minimum atomic E-state index is -4.52. The van der Waals surface area contributed by atoms with E-state index in [-0.39, 0.29) is 35.7 Å². The second-order valence-corrected chi connectivity index (χ2v) is 8.87. The standard InChI is InChI=1S/C25H23F3N6O4/c26-25(27,28)16-5-1-4-15(10-16)22-29-11-19-23(32-22)34(17-6-3-9-33(19)12-17)24(37)31-20-7-2-8-21(30-20)38-14-18(36)13-35/h1-2,4-5,7-8,10-11,17,35H,3,6,9,12-14H2,(H,30,31,37)/t17-/m0/s1. The van der Waals surface area contributed by atoms with Gasteiger partial charge in [0.25, 0.3) is 0 Å². The lowest BCUT2D eigenvalue weighted by molar-refractivity contribution is -0.137. The summed E-state index contributed by atoms with van der Waals surface area (Å²) in [7, 11) is 0. The van der Waals surface area contributed by atoms with Crippen molar-refractivity contribution in [3.8, 4) is 17.3 Å². The van der Waals surface area contributed by atoms with Gasteiger partial charge in [0.2, 0.25) is 5.88 Å². The maximum atomic E-state index is 13.5. The number of hydrogen-bond donors (Lipinski definition) is 2. The highest BCUT2D eigenvalue weighted by Crippen LogP contribution is 2.39. The number of fused-ring (bicyclic) bond motifs is 4. The lowest BCUT2D eigenvalue weighted by Crippen LogP contribution is -2.56. The third kappa shape index (κ3) is 5.23. The van der Waals surface area contributed by atoms with Gasteiger partial charge in [-0.15, -0.1) is 0 Å². The number of ketones is 1. The number of aromatic nitrogens is 3. The summed E-state index contributed by atoms with van der Waals surface area (Å²) < 4.78 is 45.1. The van der Waals surface area contributed by atoms with Crippen LogP contribution in [0.25, 0.3) is 11.4 Å². The average molecular weight is 528 g/mol. The van der Waals surface area contributed by atoms with Crippen LogP contribution in [0, 0.1) is 0 Å². The van der Waals surface area contributed by atoms with Crippen molar-refractivity contribution in [3.63, 3.8) is 0 Å². The van der Waals surface area contributed by atoms with E-state index < -0.39 is 30.2 Å². The normalized spacial score (nSPS) is 16.6. The molecule has 1 fully saturated rings. The van der Waals surface area contributed by atoms with E-state index in [2.05, 4.69) is 25.2 Å². The molecule has 1 atom stereocenters. The molecule has 13 heteroatoms. The number of urea groups is 1. The number of rotatable bonds is 6. The van der Waals surface area contributed by atoms with Gasteiger partial charge in [-0.3, -0.25) is 15.0 Å². The van der Waals surface area contributed by atoms with Crippen LogP contribution in [0.3, 0.4) is 0 Å². The van der Waals surface area contributed by atoms with E-state index >= 15 is 0 Å². The molecule has 2 N–H and O–H groups in total. The van der Waals surface area contributed by atoms with E-state index in [0.29, 0.717) is 24.5 Å². The number of piperidine rings is 1. The molecule has 0 spiro atoms. The first-order chi connectivity index (χ1) is 18.2. The van der Waals surface area contributed by atoms with Crippen LogP contribution < -0.4 is 19.9 Å². The number of alkyl halides is 3. The first-order valence-corrected chi connectivity index (χ1v) is 11.8. The van der Waals surface area contributed by atoms with Crippen LogP contribution >= 0.6 is 0 Å². The smallest absolute Gasteiger partial charge is 0.416 e. The summed E-state index contributed by atoms with van der Waals surface area (Å²) in [4.78, 5) is 41.4. The van der Waals surface area contributed by atoms with E-state index in [1.54, 1.807) is 12.1 Å². The molecule has 4 heterocycles. The van der Waals surface area contributed by atoms with Crippen LogP contribution in [-0.4, -0.2) is 64.2 Å². The second-order valence-electron chi connectivity index (χ2n) is 8.87. The fourth-order valence-electron chi connectivity index (χ4n) is 4.49. The minimum Gasteiger partial charge on any atom is -0.470 e. The monoisotopic (exact) mass is 528 g/mol. The van der Waals surface area contributed by atoms with Gasteiger partial charge >= 0.3 is 12.2 Å². The number of anilines is 3. The molecule has 0 unspecified atom stereocenters. The quantitative estimate of drug-likeness (QED) is 0.499. The number of carbonyl (C=O) groups excluding carboxylic acids is 2. The lowest BCUT2D eigenvalue weighted by atomic mass is 10.0. The maximum Gasteiger partial charge on any atom is 0.416 e. The Labute approximate surface area is 215 Å². The zero-order valence-corrected chi connectivity index (χ0v) is 20.0. The van der Waals surface area contributed by atoms with Crippen LogP contribution in [0.15, 0.2) is 48.7 Å². The van der Waals surface area contributed by atoms with Crippen molar-refractivity contribution in [2.75, 3.05) is 41.4 Å². The zero-order valence-electron chi connectivity index (χ0n) is 20.0. The predicted molar refractivity (Wildman–Crippen MR) is 131 cm³/mol. The summed E-state index contributed by atoms with van der Waals surface area (Å²) >= 11 is 0. The molecule has 2 amide bonds. The topological polar surface area (TPSA) is 121 Å². The third-order valence-corrected chi connectivity index (χ3v) is 6.26. The van der Waals surface area contributed by atoms with E-state index in [1.807, 2.05) is 0 Å². The Bertz CT molecular complexity index is 1370. The van der Waals surface area contributed by atoms with Gasteiger partial charge in [-0.05, 0) is 31.0 Å². The molecule has 3 aromatic rings. The SMILES string of the molecule is O=C(CO)COc1cccc(NC(=O)N2c3nc(-c4cccc(C(F)(F)F)c4)ncc3N3CCC[C@H]2C3)n1. The number of ether oxygens (including phenoxy) is 1. The van der Waals surface area contributed by atoms with E-state index in [9.17, 15) is 22.8 Å². The molecule has 1 saturated heterocycles. The average Bonchev–Trinajstić information content (AvgIpc) is 2.91. The van der Waals surface area contributed by atoms with Gasteiger partial charge in [0.05, 0.1) is 23.5 Å². The van der Waals surface area contributed by atoms with Crippen molar-refractivity contribution in [1.29, 1.82) is 0 Å². The Kier molecular flexibility index (Phi) is 6.85. The van der Waals surface area contributed by atoms with Gasteiger partial charge in [-0.25, -0.2) is 14.8 Å². The van der Waals surface area contributed by atoms with Gasteiger partial charge in [0, 0.05) is 24.7 Å². The van der Waals surface area contributed by atoms with Crippen molar-refractivity contribution in [2.24, 2.45) is 0 Å². The van der Waals surface area contributed by atoms with Gasteiger partial charge in [-0.1, -0.05) is 18.2 Å². The highest BCUT2D eigenvalue weighted by molar-refractivity contribution is 6.04. The van der Waals surface area contributed by atoms with Crippen LogP contribution in [0.5, 0.6) is 5.88 Å². The van der Waals surface area contributed by atoms with Crippen molar-refractivity contribution in [2.45, 2.75) is 25.1 Å². The van der Waals surface area contributed by atoms with Gasteiger partial charge < -0.3 is 14.7 Å². The van der Waals surface area contributed by atoms with Crippen molar-refractivity contribution >= 4 is 29.1 Å². The summed E-state index contributed by atoms with van der Waals surface area (Å²) in [6.07, 6.45) is -1.43. The Balaban J connectivity index is 1.45. The number of Topliss-reactive ketones (excluding diaryl/α,β-unsaturated/α-hetero) is 1. The Morgan fingerprint density at radius 1 is 1.16 bits per heavy atom. The second kappa shape index (κ2) is 10.2. The van der Waals surface area contributed by atoms with Gasteiger partial charge in [0.15, 0.2) is 24.0 Å². The highest BCUT2D eigenvalue weighted by Gasteiger charge is 2.39. The molecular formula is C25H23F3N6O4. The first kappa shape index (κ1) is 25.4. The molecule has 0 aliphatic carbocycles. The van der Waals surface area contributed by atoms with Crippen molar-refractivity contribution in [3.05, 3.63) is 54.2 Å². The van der Waals surface area contributed by atoms with Crippen LogP contribution in [0.2, 0.25) is 0 Å². The molecular weight excluding hydrogens is 505 g/mol. The van der Waals surface area contributed by atoms with E-state index in [1.165, 1.54) is 29.3 Å². The van der Waals surface area contributed by atoms with Crippen molar-refractivity contribution < 1.29 is 32.6 Å². The number of nitrogens with zero attached hydrogens (tertiary/aromatic N) is 5. The molecule has 5 rings (SSSR count). The maximum absolute atomic E-state index is 13.5. The molecule has 38 heavy (non-hydrogen) atoms. The summed E-state index contributed by atoms with van der Waals surface area (Å²) in [6.45, 7) is 0.284. The molecule has 10 nitrogen and oxygen atoms in total. The number of pyridine rings is 1. The largest absolute Gasteiger partial charge is 0.470 e. The van der Waals surface area contributed by atoms with Crippen molar-refractivity contribution in [1.82, 2.24) is 15.0 Å². The Hall–Kier alpha value is -4.26. The summed E-state index contributed by atoms with van der Waals surface area (Å²) in [6, 6.07) is 8.62. The minimum absolute atomic E-state index is 0.0656. The first-order valence-electron chi connectivity index (χ1n) is 11.8. The summed E-state index contributed by atoms with van der Waals surface area (Å²) in [5, 5.41) is 11.6. The number of halogens is 3. The Morgan fingerprint density at radius 2 is 1.97 bits per heavy atom. The summed E-state index contributed by atoms with van der Waals surface area (Å²) in [5.74, 6) is 0.0829. The molecule has 198 valence electrons. The highest BCUT2D eigenvalue weighted by atomic mass is 19.4. The van der Waals surface area contributed by atoms with Gasteiger partial charge in [0.1, 0.15) is 12.4 Å². The number of amides is 2. The zero-order chi connectivity index (χ0) is 26.9. The molecule has 2 aromatic heterocycles. The van der Waals surface area contributed by atoms with Gasteiger partial charge in [-0.2, -0.15) is 18.2 Å². The van der Waals surface area contributed by atoms with E-state index in [0.717, 1.165) is 25.1 Å². The fourth-order valence-corrected chi connectivity index (χ4v) is 4.49. The number of benzene rings is 1. The molecule has 2 aliphatic rings. The molecule has 2 bridgehead atoms. The molecule has 0 radical (unpaired) electrons. The number of carbonyl (C=O) groups is 2. The summed E-state index contributed by atoms with van der Waals surface area (Å²) in [5.41, 5.74) is -0.0301. The van der Waals surface area contributed by atoms with Crippen LogP contribution in [0.1, 0.15) is 18.4 Å². The third-order valence-electron chi connectivity index (χ3n) is 6.26. The lowest BCUT2D eigenvalue weighted by Gasteiger charge is -2.45. The molecule has 1 aromatic carbocycles. The predicted octanol–water partition coefficient (Wildman–Crippen LogP) is 3.52. The van der Waals surface area contributed by atoms with Crippen LogP contribution in [-0.2, 0) is 11.0 Å². The number of nitrogens with one attached hydrogen (secondary N) is 1. The van der Waals surface area contributed by atoms with E-state index in [4.69, 9.17) is 9.84 Å². The molecule has 2 aliphatic heterocycles. The fraction of sp³-hybridized carbons (Fsp3) is 0.320.